The summed E-state index contributed by atoms with van der Waals surface area (Å²) in [6.07, 6.45) is 0. The maximum Gasteiger partial charge on any atom is 0.0486 e. The number of para-hydroxylation sites is 1. The number of hydrogen-bond acceptors (Lipinski definition) is 2. The third-order valence-corrected chi connectivity index (χ3v) is 4.10. The molecule has 100 valence electrons. The van der Waals surface area contributed by atoms with Gasteiger partial charge in [-0.1, -0.05) is 42.8 Å². The van der Waals surface area contributed by atoms with Crippen molar-refractivity contribution in [1.29, 1.82) is 0 Å². The molecule has 0 aromatic heterocycles. The standard InChI is InChI=1S/C16H18ClNS/c1-3-19-16-10-5-4-9-15(16)18-12(2)13-7-6-8-14(17)11-13/h4-12,18H,3H2,1-2H3. The highest BCUT2D eigenvalue weighted by atomic mass is 35.5. The zero-order valence-corrected chi connectivity index (χ0v) is 12.8. The van der Waals surface area contributed by atoms with Crippen LogP contribution in [-0.2, 0) is 0 Å². The molecule has 2 aromatic rings. The van der Waals surface area contributed by atoms with E-state index in [-0.39, 0.29) is 6.04 Å². The van der Waals surface area contributed by atoms with Crippen molar-refractivity contribution in [2.45, 2.75) is 24.8 Å². The zero-order valence-electron chi connectivity index (χ0n) is 11.2. The molecular formula is C16H18ClNS. The van der Waals surface area contributed by atoms with Crippen LogP contribution < -0.4 is 5.32 Å². The van der Waals surface area contributed by atoms with Crippen LogP contribution in [0.25, 0.3) is 0 Å². The van der Waals surface area contributed by atoms with Gasteiger partial charge in [0, 0.05) is 21.6 Å². The third kappa shape index (κ3) is 3.92. The Balaban J connectivity index is 2.16. The van der Waals surface area contributed by atoms with E-state index in [1.807, 2.05) is 30.0 Å². The minimum atomic E-state index is 0.234. The zero-order chi connectivity index (χ0) is 13.7. The van der Waals surface area contributed by atoms with Gasteiger partial charge in [0.1, 0.15) is 0 Å². The maximum atomic E-state index is 6.04. The monoisotopic (exact) mass is 291 g/mol. The predicted molar refractivity (Wildman–Crippen MR) is 86.3 cm³/mol. The molecule has 0 aliphatic carbocycles. The Morgan fingerprint density at radius 1 is 1.16 bits per heavy atom. The maximum absolute atomic E-state index is 6.04. The minimum Gasteiger partial charge on any atom is -0.378 e. The van der Waals surface area contributed by atoms with Crippen LogP contribution >= 0.6 is 23.4 Å². The quantitative estimate of drug-likeness (QED) is 0.717. The van der Waals surface area contributed by atoms with Gasteiger partial charge in [-0.3, -0.25) is 0 Å². The summed E-state index contributed by atoms with van der Waals surface area (Å²) >= 11 is 7.89. The molecule has 3 heteroatoms. The van der Waals surface area contributed by atoms with Gasteiger partial charge in [0.25, 0.3) is 0 Å². The molecule has 19 heavy (non-hydrogen) atoms. The smallest absolute Gasteiger partial charge is 0.0486 e. The summed E-state index contributed by atoms with van der Waals surface area (Å²) in [5, 5.41) is 4.34. The molecule has 0 saturated heterocycles. The van der Waals surface area contributed by atoms with Gasteiger partial charge in [0.15, 0.2) is 0 Å². The molecule has 0 bridgehead atoms. The molecule has 1 unspecified atom stereocenters. The van der Waals surface area contributed by atoms with Crippen molar-refractivity contribution in [3.05, 3.63) is 59.1 Å². The number of anilines is 1. The molecule has 0 spiro atoms. The summed E-state index contributed by atoms with van der Waals surface area (Å²) in [5.74, 6) is 1.07. The van der Waals surface area contributed by atoms with Crippen molar-refractivity contribution >= 4 is 29.1 Å². The average molecular weight is 292 g/mol. The molecule has 1 N–H and O–H groups in total. The second kappa shape index (κ2) is 6.88. The summed E-state index contributed by atoms with van der Waals surface area (Å²) in [6, 6.07) is 16.6. The van der Waals surface area contributed by atoms with E-state index in [9.17, 15) is 0 Å². The summed E-state index contributed by atoms with van der Waals surface area (Å²) in [6.45, 7) is 4.32. The number of benzene rings is 2. The topological polar surface area (TPSA) is 12.0 Å². The molecule has 0 radical (unpaired) electrons. The Labute approximate surface area is 124 Å². The number of thioether (sulfide) groups is 1. The molecule has 1 nitrogen and oxygen atoms in total. The first kappa shape index (κ1) is 14.3. The Hall–Kier alpha value is -1.12. The summed E-state index contributed by atoms with van der Waals surface area (Å²) in [4.78, 5) is 1.29. The van der Waals surface area contributed by atoms with E-state index in [1.165, 1.54) is 16.1 Å². The molecule has 0 amide bonds. The van der Waals surface area contributed by atoms with Gasteiger partial charge in [-0.05, 0) is 42.5 Å². The number of halogens is 1. The fraction of sp³-hybridized carbons (Fsp3) is 0.250. The van der Waals surface area contributed by atoms with Crippen LogP contribution in [0.1, 0.15) is 25.5 Å². The molecule has 0 heterocycles. The molecule has 0 fully saturated rings. The number of hydrogen-bond donors (Lipinski definition) is 1. The Kier molecular flexibility index (Phi) is 5.17. The molecule has 1 atom stereocenters. The molecule has 2 rings (SSSR count). The molecule has 0 saturated carbocycles. The first-order valence-electron chi connectivity index (χ1n) is 6.44. The third-order valence-electron chi connectivity index (χ3n) is 2.91. The lowest BCUT2D eigenvalue weighted by molar-refractivity contribution is 0.879. The van der Waals surface area contributed by atoms with Crippen LogP contribution in [0.5, 0.6) is 0 Å². The summed E-state index contributed by atoms with van der Waals surface area (Å²) in [7, 11) is 0. The summed E-state index contributed by atoms with van der Waals surface area (Å²) < 4.78 is 0. The number of rotatable bonds is 5. The van der Waals surface area contributed by atoms with E-state index < -0.39 is 0 Å². The van der Waals surface area contributed by atoms with Gasteiger partial charge in [0.05, 0.1) is 0 Å². The van der Waals surface area contributed by atoms with E-state index in [0.717, 1.165) is 10.8 Å². The van der Waals surface area contributed by atoms with Gasteiger partial charge < -0.3 is 5.32 Å². The largest absolute Gasteiger partial charge is 0.378 e. The SMILES string of the molecule is CCSc1ccccc1NC(C)c1cccc(Cl)c1. The lowest BCUT2D eigenvalue weighted by Crippen LogP contribution is -2.07. The van der Waals surface area contributed by atoms with Crippen molar-refractivity contribution in [2.75, 3.05) is 11.1 Å². The van der Waals surface area contributed by atoms with Gasteiger partial charge in [-0.25, -0.2) is 0 Å². The second-order valence-corrected chi connectivity index (χ2v) is 6.09. The van der Waals surface area contributed by atoms with Crippen molar-refractivity contribution in [1.82, 2.24) is 0 Å². The van der Waals surface area contributed by atoms with Crippen molar-refractivity contribution in [3.8, 4) is 0 Å². The minimum absolute atomic E-state index is 0.234. The van der Waals surface area contributed by atoms with E-state index in [0.29, 0.717) is 0 Å². The predicted octanol–water partition coefficient (Wildman–Crippen LogP) is 5.63. The average Bonchev–Trinajstić information content (AvgIpc) is 2.41. The van der Waals surface area contributed by atoms with Crippen LogP contribution in [0, 0.1) is 0 Å². The number of nitrogens with one attached hydrogen (secondary N) is 1. The molecule has 0 aliphatic rings. The van der Waals surface area contributed by atoms with E-state index in [1.54, 1.807) is 0 Å². The first-order valence-corrected chi connectivity index (χ1v) is 7.81. The lowest BCUT2D eigenvalue weighted by atomic mass is 10.1. The van der Waals surface area contributed by atoms with E-state index >= 15 is 0 Å². The van der Waals surface area contributed by atoms with Gasteiger partial charge in [-0.2, -0.15) is 0 Å². The molecular weight excluding hydrogens is 274 g/mol. The summed E-state index contributed by atoms with van der Waals surface area (Å²) in [5.41, 5.74) is 2.38. The highest BCUT2D eigenvalue weighted by Gasteiger charge is 2.08. The van der Waals surface area contributed by atoms with Crippen molar-refractivity contribution in [3.63, 3.8) is 0 Å². The first-order chi connectivity index (χ1) is 9.20. The van der Waals surface area contributed by atoms with E-state index in [4.69, 9.17) is 11.6 Å². The second-order valence-electron chi connectivity index (χ2n) is 4.35. The highest BCUT2D eigenvalue weighted by Crippen LogP contribution is 2.30. The van der Waals surface area contributed by atoms with Gasteiger partial charge in [-0.15, -0.1) is 11.8 Å². The Bertz CT molecular complexity index is 542. The Morgan fingerprint density at radius 2 is 1.95 bits per heavy atom. The van der Waals surface area contributed by atoms with Gasteiger partial charge in [0.2, 0.25) is 0 Å². The van der Waals surface area contributed by atoms with Crippen LogP contribution in [0.3, 0.4) is 0 Å². The lowest BCUT2D eigenvalue weighted by Gasteiger charge is -2.18. The van der Waals surface area contributed by atoms with Crippen LogP contribution in [0.4, 0.5) is 5.69 Å². The van der Waals surface area contributed by atoms with Crippen LogP contribution in [0.15, 0.2) is 53.4 Å². The fourth-order valence-corrected chi connectivity index (χ4v) is 2.93. The normalized spacial score (nSPS) is 12.2. The highest BCUT2D eigenvalue weighted by molar-refractivity contribution is 7.99. The molecule has 2 aromatic carbocycles. The Morgan fingerprint density at radius 3 is 2.68 bits per heavy atom. The van der Waals surface area contributed by atoms with Crippen molar-refractivity contribution < 1.29 is 0 Å². The van der Waals surface area contributed by atoms with Crippen LogP contribution in [-0.4, -0.2) is 5.75 Å². The van der Waals surface area contributed by atoms with E-state index in [2.05, 4.69) is 49.5 Å². The van der Waals surface area contributed by atoms with Crippen LogP contribution in [0.2, 0.25) is 5.02 Å². The van der Waals surface area contributed by atoms with Gasteiger partial charge >= 0.3 is 0 Å². The molecule has 0 aliphatic heterocycles. The van der Waals surface area contributed by atoms with Crippen molar-refractivity contribution in [2.24, 2.45) is 0 Å². The fourth-order valence-electron chi connectivity index (χ4n) is 1.96.